The van der Waals surface area contributed by atoms with E-state index in [1.165, 1.54) is 0 Å². The van der Waals surface area contributed by atoms with Crippen LogP contribution in [0, 0.1) is 0 Å². The number of nitrogens with zero attached hydrogens (tertiary/aromatic N) is 4. The van der Waals surface area contributed by atoms with E-state index >= 15 is 0 Å². The zero-order chi connectivity index (χ0) is 41.4. The molecule has 3 amide bonds. The Morgan fingerprint density at radius 3 is 2.35 bits per heavy atom. The largest absolute Gasteiger partial charge is 0.448 e. The summed E-state index contributed by atoms with van der Waals surface area (Å²) in [6.45, 7) is 14.2. The number of methoxy groups -OCH3 is 1. The lowest BCUT2D eigenvalue weighted by molar-refractivity contribution is -0.124. The Balaban J connectivity index is 1.38. The van der Waals surface area contributed by atoms with Crippen LogP contribution >= 0.6 is 0 Å². The van der Waals surface area contributed by atoms with Gasteiger partial charge in [0.15, 0.2) is 0 Å². The second-order valence-electron chi connectivity index (χ2n) is 15.4. The topological polar surface area (TPSA) is 166 Å². The number of ether oxygens (including phenoxy) is 3. The summed E-state index contributed by atoms with van der Waals surface area (Å²) in [7, 11) is 1.69. The summed E-state index contributed by atoms with van der Waals surface area (Å²) >= 11 is 0. The van der Waals surface area contributed by atoms with Crippen molar-refractivity contribution in [3.8, 4) is 22.5 Å². The molecule has 1 aromatic heterocycles. The Morgan fingerprint density at radius 1 is 0.895 bits per heavy atom. The average Bonchev–Trinajstić information content (AvgIpc) is 3.60. The molecule has 2 heterocycles. The Kier molecular flexibility index (Phi) is 17.2. The quantitative estimate of drug-likeness (QED) is 0.0941. The molecule has 57 heavy (non-hydrogen) atoms. The van der Waals surface area contributed by atoms with E-state index in [1.54, 1.807) is 23.6 Å². The summed E-state index contributed by atoms with van der Waals surface area (Å²) in [4.78, 5) is 53.0. The van der Waals surface area contributed by atoms with Crippen LogP contribution in [-0.2, 0) is 41.7 Å². The van der Waals surface area contributed by atoms with Crippen LogP contribution in [0.5, 0.6) is 0 Å². The van der Waals surface area contributed by atoms with Gasteiger partial charge in [0, 0.05) is 44.2 Å². The van der Waals surface area contributed by atoms with Crippen LogP contribution in [0.1, 0.15) is 98.5 Å². The first-order valence-corrected chi connectivity index (χ1v) is 20.3. The van der Waals surface area contributed by atoms with Gasteiger partial charge < -0.3 is 35.1 Å². The number of hydrogen-bond acceptors (Lipinski definition) is 10. The van der Waals surface area contributed by atoms with Crippen LogP contribution in [0.25, 0.3) is 22.5 Å². The Morgan fingerprint density at radius 2 is 1.63 bits per heavy atom. The lowest BCUT2D eigenvalue weighted by Gasteiger charge is -2.31. The SMILES string of the molecule is CCNC(CCCCNC(=O)OCCn1nnc2c1-c1ccccc1N(C(=O)CCNC(=O)CCC(C)(CC)OCCC(C)(C)OC)Cc1ccccc1-2)C(C)=O. The minimum atomic E-state index is -0.530. The number of para-hydroxylation sites is 1. The third kappa shape index (κ3) is 13.2. The molecule has 0 spiro atoms. The van der Waals surface area contributed by atoms with E-state index in [0.29, 0.717) is 49.6 Å². The van der Waals surface area contributed by atoms with Crippen molar-refractivity contribution in [3.05, 3.63) is 54.1 Å². The smallest absolute Gasteiger partial charge is 0.407 e. The second kappa shape index (κ2) is 21.8. The maximum Gasteiger partial charge on any atom is 0.407 e. The van der Waals surface area contributed by atoms with Crippen LogP contribution in [-0.4, -0.2) is 95.9 Å². The third-order valence-electron chi connectivity index (χ3n) is 10.8. The molecule has 14 heteroatoms. The molecule has 1 aliphatic rings. The number of nitrogens with one attached hydrogen (secondary N) is 3. The monoisotopic (exact) mass is 789 g/mol. The molecule has 0 radical (unpaired) electrons. The molecule has 14 nitrogen and oxygen atoms in total. The van der Waals surface area contributed by atoms with E-state index in [0.717, 1.165) is 48.9 Å². The van der Waals surface area contributed by atoms with Crippen molar-refractivity contribution in [3.63, 3.8) is 0 Å². The number of anilines is 1. The van der Waals surface area contributed by atoms with Crippen molar-refractivity contribution >= 4 is 29.4 Å². The minimum Gasteiger partial charge on any atom is -0.448 e. The second-order valence-corrected chi connectivity index (χ2v) is 15.4. The van der Waals surface area contributed by atoms with E-state index < -0.39 is 11.7 Å². The van der Waals surface area contributed by atoms with Gasteiger partial charge in [-0.25, -0.2) is 9.48 Å². The number of ketones is 1. The number of amides is 3. The van der Waals surface area contributed by atoms with E-state index in [-0.39, 0.29) is 61.8 Å². The first-order valence-electron chi connectivity index (χ1n) is 20.3. The van der Waals surface area contributed by atoms with Crippen LogP contribution < -0.4 is 20.9 Å². The molecule has 3 N–H and O–H groups in total. The van der Waals surface area contributed by atoms with E-state index in [4.69, 9.17) is 14.2 Å². The van der Waals surface area contributed by atoms with Gasteiger partial charge in [0.1, 0.15) is 18.1 Å². The summed E-state index contributed by atoms with van der Waals surface area (Å²) in [5.74, 6) is -0.148. The molecule has 2 unspecified atom stereocenters. The number of carbonyl (C=O) groups excluding carboxylic acids is 4. The molecule has 0 bridgehead atoms. The fourth-order valence-electron chi connectivity index (χ4n) is 6.74. The molecule has 0 aliphatic carbocycles. The molecule has 312 valence electrons. The van der Waals surface area contributed by atoms with Gasteiger partial charge in [0.05, 0.1) is 48.3 Å². The number of benzene rings is 2. The lowest BCUT2D eigenvalue weighted by Crippen LogP contribution is -2.36. The van der Waals surface area contributed by atoms with Gasteiger partial charge in [0.2, 0.25) is 11.8 Å². The number of fused-ring (bicyclic) bond motifs is 5. The molecular formula is C43H63N7O7. The molecule has 0 saturated heterocycles. The fourth-order valence-corrected chi connectivity index (χ4v) is 6.74. The van der Waals surface area contributed by atoms with Gasteiger partial charge in [0.25, 0.3) is 0 Å². The van der Waals surface area contributed by atoms with Gasteiger partial charge in [-0.3, -0.25) is 14.4 Å². The number of likely N-dealkylation sites (N-methyl/N-ethyl adjacent to an activating group) is 1. The zero-order valence-electron chi connectivity index (χ0n) is 34.9. The normalized spacial score (nSPS) is 13.9. The number of hydrogen-bond donors (Lipinski definition) is 3. The predicted octanol–water partition coefficient (Wildman–Crippen LogP) is 6.21. The van der Waals surface area contributed by atoms with Gasteiger partial charge in [-0.1, -0.05) is 61.5 Å². The maximum absolute atomic E-state index is 14.0. The van der Waals surface area contributed by atoms with Crippen molar-refractivity contribution in [2.75, 3.05) is 44.9 Å². The number of Topliss-reactive ketones (excluding diaryl/α,β-unsaturated/α-hetero) is 1. The first kappa shape index (κ1) is 45.0. The Labute approximate surface area is 337 Å². The molecule has 2 aromatic carbocycles. The van der Waals surface area contributed by atoms with E-state index in [2.05, 4.69) is 33.2 Å². The van der Waals surface area contributed by atoms with Crippen molar-refractivity contribution < 1.29 is 33.4 Å². The summed E-state index contributed by atoms with van der Waals surface area (Å²) < 4.78 is 18.9. The standard InChI is InChI=1S/C43H63N7O7/c1-8-43(6,57-28-24-42(4,5)55-7)23-21-37(52)45-26-22-38(53)49-30-32-16-10-11-17-33(32)39-40(34-18-12-13-20-36(34)49)50(48-47-39)27-29-56-41(54)46-25-15-14-19-35(31(3)51)44-9-2/h10-13,16-18,20,35,44H,8-9,14-15,19,21-30H2,1-7H3,(H,45,52)(H,46,54). The van der Waals surface area contributed by atoms with Gasteiger partial charge in [-0.2, -0.15) is 0 Å². The van der Waals surface area contributed by atoms with Crippen LogP contribution in [0.3, 0.4) is 0 Å². The fraction of sp³-hybridized carbons (Fsp3) is 0.581. The molecule has 1 aliphatic heterocycles. The molecule has 4 rings (SSSR count). The number of carbonyl (C=O) groups is 4. The average molecular weight is 790 g/mol. The number of aromatic nitrogens is 3. The predicted molar refractivity (Wildman–Crippen MR) is 221 cm³/mol. The number of alkyl carbamates (subject to hydrolysis) is 1. The highest BCUT2D eigenvalue weighted by molar-refractivity contribution is 6.00. The summed E-state index contributed by atoms with van der Waals surface area (Å²) in [6.07, 6.45) is 4.17. The highest BCUT2D eigenvalue weighted by Gasteiger charge is 2.30. The molecule has 3 aromatic rings. The summed E-state index contributed by atoms with van der Waals surface area (Å²) in [6, 6.07) is 15.3. The Hall–Kier alpha value is -4.66. The highest BCUT2D eigenvalue weighted by Crippen LogP contribution is 2.41. The highest BCUT2D eigenvalue weighted by atomic mass is 16.5. The third-order valence-corrected chi connectivity index (χ3v) is 10.8. The van der Waals surface area contributed by atoms with Crippen molar-refractivity contribution in [1.29, 1.82) is 0 Å². The van der Waals surface area contributed by atoms with Crippen molar-refractivity contribution in [2.45, 2.75) is 123 Å². The zero-order valence-corrected chi connectivity index (χ0v) is 34.9. The van der Waals surface area contributed by atoms with Gasteiger partial charge in [-0.05, 0) is 84.4 Å². The van der Waals surface area contributed by atoms with E-state index in [1.807, 2.05) is 76.2 Å². The summed E-state index contributed by atoms with van der Waals surface area (Å²) in [5, 5.41) is 18.0. The Bertz CT molecular complexity index is 1790. The van der Waals surface area contributed by atoms with E-state index in [9.17, 15) is 19.2 Å². The lowest BCUT2D eigenvalue weighted by atomic mass is 9.95. The molecular weight excluding hydrogens is 727 g/mol. The first-order chi connectivity index (χ1) is 27.3. The van der Waals surface area contributed by atoms with Crippen molar-refractivity contribution in [2.24, 2.45) is 0 Å². The number of rotatable bonds is 23. The van der Waals surface area contributed by atoms with Crippen LogP contribution in [0.2, 0.25) is 0 Å². The van der Waals surface area contributed by atoms with Gasteiger partial charge in [-0.15, -0.1) is 5.10 Å². The maximum atomic E-state index is 14.0. The van der Waals surface area contributed by atoms with Crippen LogP contribution in [0.4, 0.5) is 10.5 Å². The summed E-state index contributed by atoms with van der Waals surface area (Å²) in [5.41, 5.74) is 3.89. The van der Waals surface area contributed by atoms with Gasteiger partial charge >= 0.3 is 6.09 Å². The van der Waals surface area contributed by atoms with Crippen LogP contribution in [0.15, 0.2) is 48.5 Å². The molecule has 0 saturated carbocycles. The molecule has 0 fully saturated rings. The molecule has 2 atom stereocenters. The number of unbranched alkanes of at least 4 members (excludes halogenated alkanes) is 1. The van der Waals surface area contributed by atoms with Crippen molar-refractivity contribution in [1.82, 2.24) is 30.9 Å². The minimum absolute atomic E-state index is 0.0517.